The second-order valence-corrected chi connectivity index (χ2v) is 5.32. The van der Waals surface area contributed by atoms with E-state index < -0.39 is 0 Å². The topological polar surface area (TPSA) is 52.5 Å². The first-order valence-electron chi connectivity index (χ1n) is 6.86. The van der Waals surface area contributed by atoms with Crippen LogP contribution < -0.4 is 10.7 Å². The molecule has 0 aliphatic heterocycles. The Bertz CT molecular complexity index is 565. The molecule has 0 aliphatic rings. The van der Waals surface area contributed by atoms with Crippen molar-refractivity contribution in [2.75, 3.05) is 6.61 Å². The van der Waals surface area contributed by atoms with Crippen LogP contribution in [0.25, 0.3) is 0 Å². The molecule has 0 bridgehead atoms. The molecule has 21 heavy (non-hydrogen) atoms. The zero-order valence-electron chi connectivity index (χ0n) is 11.7. The van der Waals surface area contributed by atoms with Crippen LogP contribution in [-0.2, 0) is 13.0 Å². The van der Waals surface area contributed by atoms with Crippen LogP contribution in [0.4, 0.5) is 0 Å². The van der Waals surface area contributed by atoms with Crippen molar-refractivity contribution >= 4 is 24.5 Å². The Hall–Kier alpha value is -1.33. The summed E-state index contributed by atoms with van der Waals surface area (Å²) in [6, 6.07) is 15.3. The van der Waals surface area contributed by atoms with Gasteiger partial charge in [-0.25, -0.2) is 0 Å². The molecule has 1 unspecified atom stereocenters. The molecule has 3 nitrogen and oxygen atoms in total. The molecule has 0 saturated heterocycles. The molecule has 0 heterocycles. The van der Waals surface area contributed by atoms with Crippen LogP contribution in [0, 0.1) is 0 Å². The number of aliphatic hydroxyl groups excluding tert-OH is 2. The van der Waals surface area contributed by atoms with Crippen molar-refractivity contribution in [1.29, 1.82) is 0 Å². The average molecular weight is 303 g/mol. The number of benzene rings is 2. The Morgan fingerprint density at radius 3 is 2.52 bits per heavy atom. The molecule has 0 amide bonds. The number of nitrogens with one attached hydrogen (secondary N) is 1. The smallest absolute Gasteiger partial charge is 0.245 e. The van der Waals surface area contributed by atoms with Crippen molar-refractivity contribution < 1.29 is 10.2 Å². The van der Waals surface area contributed by atoms with E-state index in [0.29, 0.717) is 5.02 Å². The molecule has 3 N–H and O–H groups in total. The lowest BCUT2D eigenvalue weighted by Gasteiger charge is -2.17. The normalized spacial score (nSPS) is 12.1. The number of rotatable bonds is 7. The minimum atomic E-state index is -0.0744. The molecule has 2 aromatic carbocycles. The fourth-order valence-corrected chi connectivity index (χ4v) is 2.33. The van der Waals surface area contributed by atoms with Crippen LogP contribution in [0.2, 0.25) is 5.02 Å². The summed E-state index contributed by atoms with van der Waals surface area (Å²) >= 11 is 5.91. The van der Waals surface area contributed by atoms with Gasteiger partial charge in [0.1, 0.15) is 0 Å². The fourth-order valence-electron chi connectivity index (χ4n) is 2.13. The van der Waals surface area contributed by atoms with E-state index in [1.807, 2.05) is 43.8 Å². The van der Waals surface area contributed by atoms with Gasteiger partial charge >= 0.3 is 0 Å². The van der Waals surface area contributed by atoms with Gasteiger partial charge < -0.3 is 15.4 Å². The van der Waals surface area contributed by atoms with Gasteiger partial charge in [-0.1, -0.05) is 53.5 Å². The molecule has 109 valence electrons. The highest BCUT2D eigenvalue weighted by Gasteiger charge is 2.11. The van der Waals surface area contributed by atoms with Crippen LogP contribution in [0.5, 0.6) is 0 Å². The third-order valence-electron chi connectivity index (χ3n) is 3.30. The Morgan fingerprint density at radius 2 is 1.86 bits per heavy atom. The highest BCUT2D eigenvalue weighted by molar-refractivity contribution is 6.51. The lowest BCUT2D eigenvalue weighted by molar-refractivity contribution is 0.257. The maximum atomic E-state index is 9.48. The van der Waals surface area contributed by atoms with Crippen LogP contribution in [0.3, 0.4) is 0 Å². The number of hydrogen-bond donors (Lipinski definition) is 3. The lowest BCUT2D eigenvalue weighted by atomic mass is 9.78. The molecule has 1 atom stereocenters. The Morgan fingerprint density at radius 1 is 1.10 bits per heavy atom. The highest BCUT2D eigenvalue weighted by atomic mass is 35.5. The third kappa shape index (κ3) is 4.86. The first-order valence-corrected chi connectivity index (χ1v) is 7.24. The largest absolute Gasteiger partial charge is 0.395 e. The summed E-state index contributed by atoms with van der Waals surface area (Å²) in [6.07, 6.45) is 0.732. The van der Waals surface area contributed by atoms with Crippen molar-refractivity contribution in [3.63, 3.8) is 0 Å². The number of aliphatic hydroxyl groups is 2. The van der Waals surface area contributed by atoms with Gasteiger partial charge in [-0.15, -0.1) is 0 Å². The summed E-state index contributed by atoms with van der Waals surface area (Å²) in [6.45, 7) is -0.0377. The van der Waals surface area contributed by atoms with E-state index in [0.717, 1.165) is 23.0 Å². The van der Waals surface area contributed by atoms with Gasteiger partial charge in [-0.2, -0.15) is 0 Å². The second kappa shape index (κ2) is 8.20. The van der Waals surface area contributed by atoms with E-state index in [-0.39, 0.29) is 19.3 Å². The van der Waals surface area contributed by atoms with E-state index >= 15 is 0 Å². The van der Waals surface area contributed by atoms with Gasteiger partial charge in [0.05, 0.1) is 13.2 Å². The number of hydrogen-bond acceptors (Lipinski definition) is 3. The predicted octanol–water partition coefficient (Wildman–Crippen LogP) is 1.27. The second-order valence-electron chi connectivity index (χ2n) is 4.88. The van der Waals surface area contributed by atoms with Crippen molar-refractivity contribution in [3.8, 4) is 0 Å². The van der Waals surface area contributed by atoms with Crippen molar-refractivity contribution in [1.82, 2.24) is 5.23 Å². The summed E-state index contributed by atoms with van der Waals surface area (Å²) < 4.78 is 0. The molecule has 1 radical (unpaired) electrons. The average Bonchev–Trinajstić information content (AvgIpc) is 2.53. The van der Waals surface area contributed by atoms with Gasteiger partial charge in [-0.05, 0) is 29.7 Å². The molecule has 2 rings (SSSR count). The Kier molecular flexibility index (Phi) is 6.27. The molecular weight excluding hydrogens is 284 g/mol. The summed E-state index contributed by atoms with van der Waals surface area (Å²) in [5, 5.41) is 22.6. The predicted molar refractivity (Wildman–Crippen MR) is 86.9 cm³/mol. The zero-order chi connectivity index (χ0) is 15.1. The first-order chi connectivity index (χ1) is 10.2. The van der Waals surface area contributed by atoms with Gasteiger partial charge in [0.2, 0.25) is 7.41 Å². The van der Waals surface area contributed by atoms with E-state index in [2.05, 4.69) is 5.23 Å². The van der Waals surface area contributed by atoms with Gasteiger partial charge in [-0.3, -0.25) is 0 Å². The number of halogens is 1. The van der Waals surface area contributed by atoms with E-state index in [9.17, 15) is 10.2 Å². The van der Waals surface area contributed by atoms with E-state index in [1.165, 1.54) is 0 Å². The van der Waals surface area contributed by atoms with E-state index in [1.54, 1.807) is 12.1 Å². The van der Waals surface area contributed by atoms with Crippen LogP contribution >= 0.6 is 11.6 Å². The van der Waals surface area contributed by atoms with E-state index in [4.69, 9.17) is 11.6 Å². The molecule has 0 aliphatic carbocycles. The summed E-state index contributed by atoms with van der Waals surface area (Å²) in [7, 11) is 1.81. The minimum absolute atomic E-state index is 0.0352. The standard InChI is InChI=1S/C16H18BClNO2/c18-14-6-7-16(13(9-14)10-20)17-19-15(11-21)8-12-4-2-1-3-5-12/h1-7,9,15,19-21H,8,10-11H2. The Balaban J connectivity index is 1.97. The Labute approximate surface area is 130 Å². The molecule has 0 fully saturated rings. The fraction of sp³-hybridized carbons (Fsp3) is 0.250. The molecule has 2 aromatic rings. The summed E-state index contributed by atoms with van der Waals surface area (Å²) in [5.41, 5.74) is 2.79. The first kappa shape index (κ1) is 16.1. The highest BCUT2D eigenvalue weighted by Crippen LogP contribution is 2.09. The summed E-state index contributed by atoms with van der Waals surface area (Å²) in [4.78, 5) is 0. The monoisotopic (exact) mass is 302 g/mol. The van der Waals surface area contributed by atoms with Crippen LogP contribution in [0.15, 0.2) is 48.5 Å². The molecule has 5 heteroatoms. The zero-order valence-corrected chi connectivity index (χ0v) is 12.4. The maximum absolute atomic E-state index is 9.48. The molecule has 0 aromatic heterocycles. The van der Waals surface area contributed by atoms with Crippen LogP contribution in [-0.4, -0.2) is 30.3 Å². The van der Waals surface area contributed by atoms with Crippen molar-refractivity contribution in [2.24, 2.45) is 0 Å². The molecule has 0 spiro atoms. The lowest BCUT2D eigenvalue weighted by Crippen LogP contribution is -2.43. The molecule has 0 saturated carbocycles. The van der Waals surface area contributed by atoms with Gasteiger partial charge in [0.25, 0.3) is 0 Å². The third-order valence-corrected chi connectivity index (χ3v) is 3.53. The quantitative estimate of drug-likeness (QED) is 0.675. The maximum Gasteiger partial charge on any atom is 0.245 e. The minimum Gasteiger partial charge on any atom is -0.395 e. The molecular formula is C16H18BClNO2. The SMILES string of the molecule is OCc1cc(Cl)ccc1[B]NC(CO)Cc1ccccc1. The van der Waals surface area contributed by atoms with Crippen LogP contribution in [0.1, 0.15) is 11.1 Å². The van der Waals surface area contributed by atoms with Gasteiger partial charge in [0, 0.05) is 11.1 Å². The van der Waals surface area contributed by atoms with Gasteiger partial charge in [0.15, 0.2) is 0 Å². The van der Waals surface area contributed by atoms with Crippen molar-refractivity contribution in [2.45, 2.75) is 19.1 Å². The van der Waals surface area contributed by atoms with Crippen molar-refractivity contribution in [3.05, 3.63) is 64.7 Å². The summed E-state index contributed by atoms with van der Waals surface area (Å²) in [5.74, 6) is 0.